The number of carbonyl (C=O) groups excluding carboxylic acids is 2. The maximum absolute atomic E-state index is 11.5. The van der Waals surface area contributed by atoms with Crippen molar-refractivity contribution < 1.29 is 19.5 Å². The van der Waals surface area contributed by atoms with Crippen molar-refractivity contribution in [2.24, 2.45) is 5.73 Å². The van der Waals surface area contributed by atoms with E-state index < -0.39 is 30.4 Å². The van der Waals surface area contributed by atoms with E-state index in [4.69, 9.17) is 10.8 Å². The molecule has 1 fully saturated rings. The smallest absolute Gasteiger partial charge is 0.326 e. The minimum Gasteiger partial charge on any atom is -0.480 e. The van der Waals surface area contributed by atoms with Crippen LogP contribution in [0.5, 0.6) is 0 Å². The van der Waals surface area contributed by atoms with Gasteiger partial charge in [0.15, 0.2) is 0 Å². The fourth-order valence-corrected chi connectivity index (χ4v) is 1.94. The Morgan fingerprint density at radius 3 is 2.42 bits per heavy atom. The highest BCUT2D eigenvalue weighted by molar-refractivity contribution is 5.87. The standard InChI is InChI=1S/C11H20N4O4/c12-9(16)7-8(10(17)18)14-11(19)13-3-6-15-4-1-2-5-15/h8H,1-7H2,(H2,12,16)(H,17,18)(H2,13,14,19)/t8-/m1/s1. The molecule has 1 rings (SSSR count). The van der Waals surface area contributed by atoms with E-state index in [-0.39, 0.29) is 0 Å². The number of amides is 3. The third-order valence-corrected chi connectivity index (χ3v) is 2.92. The van der Waals surface area contributed by atoms with Gasteiger partial charge in [-0.05, 0) is 25.9 Å². The molecule has 1 heterocycles. The summed E-state index contributed by atoms with van der Waals surface area (Å²) < 4.78 is 0. The van der Waals surface area contributed by atoms with E-state index in [1.807, 2.05) is 0 Å². The van der Waals surface area contributed by atoms with Gasteiger partial charge in [0.25, 0.3) is 0 Å². The van der Waals surface area contributed by atoms with Crippen LogP contribution in [0.2, 0.25) is 0 Å². The Hall–Kier alpha value is -1.83. The average Bonchev–Trinajstić information content (AvgIpc) is 2.80. The minimum atomic E-state index is -1.29. The molecule has 1 atom stereocenters. The molecule has 0 aliphatic carbocycles. The summed E-state index contributed by atoms with van der Waals surface area (Å²) in [5.74, 6) is -2.06. The fraction of sp³-hybridized carbons (Fsp3) is 0.727. The molecular formula is C11H20N4O4. The van der Waals surface area contributed by atoms with Gasteiger partial charge in [-0.25, -0.2) is 9.59 Å². The Labute approximate surface area is 111 Å². The van der Waals surface area contributed by atoms with Gasteiger partial charge in [0.2, 0.25) is 5.91 Å². The van der Waals surface area contributed by atoms with Gasteiger partial charge < -0.3 is 26.4 Å². The molecule has 1 aliphatic rings. The van der Waals surface area contributed by atoms with E-state index in [0.717, 1.165) is 19.6 Å². The summed E-state index contributed by atoms with van der Waals surface area (Å²) in [6.45, 7) is 3.24. The first kappa shape index (κ1) is 15.2. The molecule has 5 N–H and O–H groups in total. The molecule has 1 aliphatic heterocycles. The highest BCUT2D eigenvalue weighted by atomic mass is 16.4. The predicted octanol–water partition coefficient (Wildman–Crippen LogP) is -1.29. The van der Waals surface area contributed by atoms with Crippen LogP contribution in [0, 0.1) is 0 Å². The monoisotopic (exact) mass is 272 g/mol. The van der Waals surface area contributed by atoms with Crippen LogP contribution in [-0.4, -0.2) is 60.1 Å². The van der Waals surface area contributed by atoms with E-state index in [2.05, 4.69) is 15.5 Å². The van der Waals surface area contributed by atoms with Gasteiger partial charge in [-0.2, -0.15) is 0 Å². The molecule has 0 aromatic carbocycles. The Bertz CT molecular complexity index is 342. The normalized spacial score (nSPS) is 16.8. The number of carboxylic acid groups (broad SMARTS) is 1. The second kappa shape index (κ2) is 7.57. The molecule has 8 nitrogen and oxygen atoms in total. The van der Waals surface area contributed by atoms with Crippen molar-refractivity contribution in [2.45, 2.75) is 25.3 Å². The average molecular weight is 272 g/mol. The fourth-order valence-electron chi connectivity index (χ4n) is 1.94. The lowest BCUT2D eigenvalue weighted by atomic mass is 10.2. The van der Waals surface area contributed by atoms with Gasteiger partial charge in [0.1, 0.15) is 6.04 Å². The molecular weight excluding hydrogens is 252 g/mol. The molecule has 1 saturated heterocycles. The summed E-state index contributed by atoms with van der Waals surface area (Å²) in [6, 6.07) is -1.89. The van der Waals surface area contributed by atoms with Crippen molar-refractivity contribution in [2.75, 3.05) is 26.2 Å². The topological polar surface area (TPSA) is 125 Å². The van der Waals surface area contributed by atoms with Gasteiger partial charge >= 0.3 is 12.0 Å². The van der Waals surface area contributed by atoms with Crippen LogP contribution in [0.1, 0.15) is 19.3 Å². The van der Waals surface area contributed by atoms with Crippen LogP contribution in [0.3, 0.4) is 0 Å². The van der Waals surface area contributed by atoms with Crippen LogP contribution < -0.4 is 16.4 Å². The molecule has 3 amide bonds. The summed E-state index contributed by atoms with van der Waals surface area (Å²) in [6.07, 6.45) is 1.92. The predicted molar refractivity (Wildman–Crippen MR) is 67.4 cm³/mol. The first-order valence-electron chi connectivity index (χ1n) is 6.27. The quantitative estimate of drug-likeness (QED) is 0.459. The molecule has 0 aromatic rings. The Morgan fingerprint density at radius 1 is 1.26 bits per heavy atom. The molecule has 0 saturated carbocycles. The molecule has 0 spiro atoms. The second-order valence-corrected chi connectivity index (χ2v) is 4.51. The third kappa shape index (κ3) is 6.05. The number of nitrogens with zero attached hydrogens (tertiary/aromatic N) is 1. The maximum atomic E-state index is 11.5. The van der Waals surface area contributed by atoms with E-state index in [1.165, 1.54) is 12.8 Å². The maximum Gasteiger partial charge on any atom is 0.326 e. The summed E-state index contributed by atoms with van der Waals surface area (Å²) in [5.41, 5.74) is 4.91. The number of carbonyl (C=O) groups is 3. The lowest BCUT2D eigenvalue weighted by Gasteiger charge is -2.16. The summed E-state index contributed by atoms with van der Waals surface area (Å²) >= 11 is 0. The van der Waals surface area contributed by atoms with E-state index in [1.54, 1.807) is 0 Å². The van der Waals surface area contributed by atoms with Crippen LogP contribution in [0.15, 0.2) is 0 Å². The lowest BCUT2D eigenvalue weighted by Crippen LogP contribution is -2.48. The zero-order valence-electron chi connectivity index (χ0n) is 10.7. The number of aliphatic carboxylic acids is 1. The van der Waals surface area contributed by atoms with Crippen molar-refractivity contribution in [1.82, 2.24) is 15.5 Å². The van der Waals surface area contributed by atoms with Crippen LogP contribution in [-0.2, 0) is 9.59 Å². The van der Waals surface area contributed by atoms with Crippen LogP contribution in [0.25, 0.3) is 0 Å². The number of carboxylic acids is 1. The summed E-state index contributed by atoms with van der Waals surface area (Å²) in [5, 5.41) is 13.6. The van der Waals surface area contributed by atoms with Gasteiger partial charge in [0, 0.05) is 13.1 Å². The van der Waals surface area contributed by atoms with E-state index in [9.17, 15) is 14.4 Å². The summed E-state index contributed by atoms with van der Waals surface area (Å²) in [7, 11) is 0. The van der Waals surface area contributed by atoms with Crippen molar-refractivity contribution in [3.8, 4) is 0 Å². The minimum absolute atomic E-state index is 0.422. The number of urea groups is 1. The zero-order chi connectivity index (χ0) is 14.3. The molecule has 0 aromatic heterocycles. The molecule has 0 bridgehead atoms. The number of nitrogens with one attached hydrogen (secondary N) is 2. The van der Waals surface area contributed by atoms with Crippen molar-refractivity contribution in [3.63, 3.8) is 0 Å². The molecule has 108 valence electrons. The van der Waals surface area contributed by atoms with Gasteiger partial charge in [-0.3, -0.25) is 4.79 Å². The number of rotatable bonds is 7. The number of nitrogens with two attached hydrogens (primary N) is 1. The van der Waals surface area contributed by atoms with Gasteiger partial charge in [0.05, 0.1) is 6.42 Å². The number of hydrogen-bond acceptors (Lipinski definition) is 4. The van der Waals surface area contributed by atoms with Gasteiger partial charge in [-0.1, -0.05) is 0 Å². The number of likely N-dealkylation sites (tertiary alicyclic amines) is 1. The first-order chi connectivity index (χ1) is 8.99. The molecule has 0 radical (unpaired) electrons. The Balaban J connectivity index is 2.23. The lowest BCUT2D eigenvalue weighted by molar-refractivity contribution is -0.140. The van der Waals surface area contributed by atoms with Crippen molar-refractivity contribution in [3.05, 3.63) is 0 Å². The van der Waals surface area contributed by atoms with Crippen LogP contribution in [0.4, 0.5) is 4.79 Å². The largest absolute Gasteiger partial charge is 0.480 e. The molecule has 19 heavy (non-hydrogen) atoms. The number of primary amides is 1. The van der Waals surface area contributed by atoms with Crippen molar-refractivity contribution in [1.29, 1.82) is 0 Å². The molecule has 8 heteroatoms. The Kier molecular flexibility index (Phi) is 6.07. The highest BCUT2D eigenvalue weighted by Gasteiger charge is 2.22. The second-order valence-electron chi connectivity index (χ2n) is 4.51. The SMILES string of the molecule is NC(=O)C[C@@H](NC(=O)NCCN1CCCC1)C(=O)O. The zero-order valence-corrected chi connectivity index (χ0v) is 10.7. The van der Waals surface area contributed by atoms with E-state index >= 15 is 0 Å². The Morgan fingerprint density at radius 2 is 1.89 bits per heavy atom. The number of hydrogen-bond donors (Lipinski definition) is 4. The summed E-state index contributed by atoms with van der Waals surface area (Å²) in [4.78, 5) is 35.1. The van der Waals surface area contributed by atoms with E-state index in [0.29, 0.717) is 6.54 Å². The third-order valence-electron chi connectivity index (χ3n) is 2.92. The van der Waals surface area contributed by atoms with Gasteiger partial charge in [-0.15, -0.1) is 0 Å². The van der Waals surface area contributed by atoms with Crippen LogP contribution >= 0.6 is 0 Å². The highest BCUT2D eigenvalue weighted by Crippen LogP contribution is 2.05. The van der Waals surface area contributed by atoms with Crippen molar-refractivity contribution >= 4 is 17.9 Å². The molecule has 0 unspecified atom stereocenters. The first-order valence-corrected chi connectivity index (χ1v) is 6.27.